The number of carbonyl (C=O) groups excluding carboxylic acids is 1. The zero-order valence-corrected chi connectivity index (χ0v) is 10.6. The number of aryl methyl sites for hydroxylation is 1. The highest BCUT2D eigenvalue weighted by atomic mass is 79.9. The Kier molecular flexibility index (Phi) is 3.79. The maximum absolute atomic E-state index is 11.7. The maximum atomic E-state index is 11.7. The van der Waals surface area contributed by atoms with Crippen LogP contribution < -0.4 is 0 Å². The number of benzene rings is 1. The van der Waals surface area contributed by atoms with Crippen molar-refractivity contribution in [3.05, 3.63) is 34.9 Å². The number of alkyl halides is 1. The fourth-order valence-corrected chi connectivity index (χ4v) is 2.12. The van der Waals surface area contributed by atoms with Gasteiger partial charge in [0.1, 0.15) is 0 Å². The van der Waals surface area contributed by atoms with E-state index in [1.807, 2.05) is 18.2 Å². The third-order valence-electron chi connectivity index (χ3n) is 2.71. The van der Waals surface area contributed by atoms with E-state index in [0.717, 1.165) is 35.7 Å². The smallest absolute Gasteiger partial charge is 0.163 e. The van der Waals surface area contributed by atoms with E-state index in [-0.39, 0.29) is 5.78 Å². The zero-order valence-electron chi connectivity index (χ0n) is 9.05. The van der Waals surface area contributed by atoms with Crippen LogP contribution in [0.5, 0.6) is 0 Å². The van der Waals surface area contributed by atoms with Gasteiger partial charge in [0.05, 0.1) is 0 Å². The molecule has 16 heavy (non-hydrogen) atoms. The maximum Gasteiger partial charge on any atom is 0.163 e. The van der Waals surface area contributed by atoms with Gasteiger partial charge in [-0.25, -0.2) is 0 Å². The normalized spacial score (nSPS) is 13.9. The van der Waals surface area contributed by atoms with Gasteiger partial charge in [0.25, 0.3) is 0 Å². The van der Waals surface area contributed by atoms with Crippen molar-refractivity contribution in [2.45, 2.75) is 25.7 Å². The molecule has 0 radical (unpaired) electrons. The van der Waals surface area contributed by atoms with E-state index in [4.69, 9.17) is 0 Å². The molecular formula is C14H13BrO. The standard InChI is InChI=1S/C14H13BrO/c15-9-2-1-4-11-7-8-12-5-3-6-14(16)13(12)10-11/h7-8,10H,2-3,5-6,9H2. The van der Waals surface area contributed by atoms with Crippen LogP contribution in [0.25, 0.3) is 0 Å². The Balaban J connectivity index is 2.28. The lowest BCUT2D eigenvalue weighted by molar-refractivity contribution is 0.0972. The first-order valence-corrected chi connectivity index (χ1v) is 6.64. The molecule has 0 unspecified atom stereocenters. The molecule has 0 saturated carbocycles. The average molecular weight is 277 g/mol. The molecular weight excluding hydrogens is 264 g/mol. The number of fused-ring (bicyclic) bond motifs is 1. The van der Waals surface area contributed by atoms with E-state index in [9.17, 15) is 4.79 Å². The molecule has 1 aromatic rings. The highest BCUT2D eigenvalue weighted by Gasteiger charge is 2.16. The topological polar surface area (TPSA) is 17.1 Å². The molecule has 0 aliphatic heterocycles. The van der Waals surface area contributed by atoms with Crippen LogP contribution in [0.3, 0.4) is 0 Å². The lowest BCUT2D eigenvalue weighted by Gasteiger charge is -2.14. The fourth-order valence-electron chi connectivity index (χ4n) is 1.92. The minimum absolute atomic E-state index is 0.269. The molecule has 2 heteroatoms. The molecule has 1 aliphatic carbocycles. The third-order valence-corrected chi connectivity index (χ3v) is 3.11. The van der Waals surface area contributed by atoms with Crippen molar-refractivity contribution in [1.29, 1.82) is 0 Å². The Morgan fingerprint density at radius 2 is 2.19 bits per heavy atom. The number of halogens is 1. The quantitative estimate of drug-likeness (QED) is 0.568. The second-order valence-electron chi connectivity index (χ2n) is 3.89. The lowest BCUT2D eigenvalue weighted by Crippen LogP contribution is -2.10. The predicted molar refractivity (Wildman–Crippen MR) is 69.0 cm³/mol. The van der Waals surface area contributed by atoms with E-state index in [2.05, 4.69) is 27.8 Å². The Bertz CT molecular complexity index is 465. The molecule has 0 atom stereocenters. The molecule has 0 bridgehead atoms. The van der Waals surface area contributed by atoms with Crippen LogP contribution >= 0.6 is 15.9 Å². The summed E-state index contributed by atoms with van der Waals surface area (Å²) in [5, 5.41) is 0.893. The van der Waals surface area contributed by atoms with E-state index in [1.54, 1.807) is 0 Å². The van der Waals surface area contributed by atoms with Gasteiger partial charge in [-0.15, -0.1) is 0 Å². The number of hydrogen-bond acceptors (Lipinski definition) is 1. The van der Waals surface area contributed by atoms with E-state index < -0.39 is 0 Å². The monoisotopic (exact) mass is 276 g/mol. The molecule has 0 saturated heterocycles. The molecule has 1 aromatic carbocycles. The van der Waals surface area contributed by atoms with Crippen molar-refractivity contribution in [3.8, 4) is 11.8 Å². The van der Waals surface area contributed by atoms with Gasteiger partial charge in [0, 0.05) is 29.3 Å². The van der Waals surface area contributed by atoms with Crippen LogP contribution in [0.2, 0.25) is 0 Å². The highest BCUT2D eigenvalue weighted by molar-refractivity contribution is 9.09. The molecule has 1 aliphatic rings. The van der Waals surface area contributed by atoms with Crippen LogP contribution in [0.15, 0.2) is 18.2 Å². The first kappa shape index (κ1) is 11.4. The summed E-state index contributed by atoms with van der Waals surface area (Å²) in [6.45, 7) is 0. The minimum Gasteiger partial charge on any atom is -0.294 e. The summed E-state index contributed by atoms with van der Waals surface area (Å²) in [7, 11) is 0. The Labute approximate surface area is 104 Å². The number of Topliss-reactive ketones (excluding diaryl/α,β-unsaturated/α-hetero) is 1. The molecule has 0 N–H and O–H groups in total. The van der Waals surface area contributed by atoms with Gasteiger partial charge in [-0.3, -0.25) is 4.79 Å². The largest absolute Gasteiger partial charge is 0.294 e. The number of hydrogen-bond donors (Lipinski definition) is 0. The van der Waals surface area contributed by atoms with Gasteiger partial charge in [0.15, 0.2) is 5.78 Å². The number of ketones is 1. The van der Waals surface area contributed by atoms with Crippen LogP contribution in [-0.4, -0.2) is 11.1 Å². The van der Waals surface area contributed by atoms with E-state index in [0.29, 0.717) is 6.42 Å². The summed E-state index contributed by atoms with van der Waals surface area (Å²) in [6.07, 6.45) is 3.53. The minimum atomic E-state index is 0.269. The molecule has 0 fully saturated rings. The van der Waals surface area contributed by atoms with Gasteiger partial charge >= 0.3 is 0 Å². The number of carbonyl (C=O) groups is 1. The second kappa shape index (κ2) is 5.32. The summed E-state index contributed by atoms with van der Waals surface area (Å²) in [5.74, 6) is 6.42. The summed E-state index contributed by atoms with van der Waals surface area (Å²) in [4.78, 5) is 11.7. The Morgan fingerprint density at radius 1 is 1.31 bits per heavy atom. The summed E-state index contributed by atoms with van der Waals surface area (Å²) < 4.78 is 0. The summed E-state index contributed by atoms with van der Waals surface area (Å²) in [5.41, 5.74) is 3.02. The lowest BCUT2D eigenvalue weighted by atomic mass is 9.89. The molecule has 2 rings (SSSR count). The Morgan fingerprint density at radius 3 is 3.00 bits per heavy atom. The summed E-state index contributed by atoms with van der Waals surface area (Å²) >= 11 is 3.34. The molecule has 82 valence electrons. The van der Waals surface area contributed by atoms with Gasteiger partial charge < -0.3 is 0 Å². The fraction of sp³-hybridized carbons (Fsp3) is 0.357. The Hall–Kier alpha value is -1.07. The second-order valence-corrected chi connectivity index (χ2v) is 4.68. The molecule has 0 spiro atoms. The first-order chi connectivity index (χ1) is 7.81. The number of rotatable bonds is 1. The SMILES string of the molecule is O=C1CCCc2ccc(C#CCCBr)cc21. The molecule has 1 nitrogen and oxygen atoms in total. The van der Waals surface area contributed by atoms with Crippen LogP contribution in [0.4, 0.5) is 0 Å². The van der Waals surface area contributed by atoms with Crippen molar-refractivity contribution in [2.24, 2.45) is 0 Å². The van der Waals surface area contributed by atoms with Crippen molar-refractivity contribution >= 4 is 21.7 Å². The van der Waals surface area contributed by atoms with Gasteiger partial charge in [-0.05, 0) is 30.5 Å². The molecule has 0 amide bonds. The van der Waals surface area contributed by atoms with Gasteiger partial charge in [0.2, 0.25) is 0 Å². The summed E-state index contributed by atoms with van der Waals surface area (Å²) in [6, 6.07) is 6.00. The third kappa shape index (κ3) is 2.54. The first-order valence-electron chi connectivity index (χ1n) is 5.52. The molecule has 0 aromatic heterocycles. The van der Waals surface area contributed by atoms with E-state index in [1.165, 1.54) is 5.56 Å². The van der Waals surface area contributed by atoms with E-state index >= 15 is 0 Å². The zero-order chi connectivity index (χ0) is 11.4. The highest BCUT2D eigenvalue weighted by Crippen LogP contribution is 2.21. The van der Waals surface area contributed by atoms with Crippen LogP contribution in [0.1, 0.15) is 40.7 Å². The van der Waals surface area contributed by atoms with Crippen LogP contribution in [0, 0.1) is 11.8 Å². The molecule has 0 heterocycles. The van der Waals surface area contributed by atoms with Crippen molar-refractivity contribution in [1.82, 2.24) is 0 Å². The van der Waals surface area contributed by atoms with Crippen molar-refractivity contribution < 1.29 is 4.79 Å². The van der Waals surface area contributed by atoms with Gasteiger partial charge in [-0.2, -0.15) is 0 Å². The van der Waals surface area contributed by atoms with Crippen molar-refractivity contribution in [3.63, 3.8) is 0 Å². The average Bonchev–Trinajstić information content (AvgIpc) is 2.30. The van der Waals surface area contributed by atoms with Crippen molar-refractivity contribution in [2.75, 3.05) is 5.33 Å². The van der Waals surface area contributed by atoms with Crippen LogP contribution in [-0.2, 0) is 6.42 Å². The van der Waals surface area contributed by atoms with Gasteiger partial charge in [-0.1, -0.05) is 33.8 Å². The predicted octanol–water partition coefficient (Wildman–Crippen LogP) is 3.34.